The van der Waals surface area contributed by atoms with Crippen LogP contribution in [0.1, 0.15) is 34.1 Å². The van der Waals surface area contributed by atoms with E-state index in [1.165, 1.54) is 20.3 Å². The number of ether oxygens (including phenoxy) is 4. The molecule has 0 saturated heterocycles. The molecular weight excluding hydrogens is 414 g/mol. The Kier molecular flexibility index (Phi) is 7.58. The van der Waals surface area contributed by atoms with E-state index < -0.39 is 11.9 Å². The molecule has 9 heteroatoms. The van der Waals surface area contributed by atoms with Gasteiger partial charge in [-0.05, 0) is 42.8 Å². The zero-order chi connectivity index (χ0) is 22.9. The number of carbonyl (C=O) groups is 2. The Hall–Kier alpha value is -4.14. The van der Waals surface area contributed by atoms with Gasteiger partial charge in [0.2, 0.25) is 11.8 Å². The standard InChI is InChI=1S/C23H23N3O6/c1-4-13-31-22(28)15-9-11-16(12-10-15)24-21(27)17-7-5-6-8-18(17)32-23-25-19(29-2)14-20(26-23)30-3/h5-12,14H,4,13H2,1-3H3,(H,24,27). The number of carbonyl (C=O) groups excluding carboxylic acids is 2. The summed E-state index contributed by atoms with van der Waals surface area (Å²) in [6, 6.07) is 14.6. The molecule has 0 spiro atoms. The van der Waals surface area contributed by atoms with Gasteiger partial charge in [0.1, 0.15) is 5.75 Å². The highest BCUT2D eigenvalue weighted by Gasteiger charge is 2.16. The van der Waals surface area contributed by atoms with Gasteiger partial charge in [-0.3, -0.25) is 4.79 Å². The second-order valence-corrected chi connectivity index (χ2v) is 6.50. The first-order valence-corrected chi connectivity index (χ1v) is 9.86. The molecule has 1 heterocycles. The van der Waals surface area contributed by atoms with E-state index in [1.54, 1.807) is 48.5 Å². The molecule has 9 nitrogen and oxygen atoms in total. The van der Waals surface area contributed by atoms with Crippen LogP contribution in [0.5, 0.6) is 23.5 Å². The Morgan fingerprint density at radius 2 is 1.59 bits per heavy atom. The third kappa shape index (κ3) is 5.72. The lowest BCUT2D eigenvalue weighted by Gasteiger charge is -2.12. The summed E-state index contributed by atoms with van der Waals surface area (Å²) in [5.41, 5.74) is 1.18. The van der Waals surface area contributed by atoms with Gasteiger partial charge in [-0.25, -0.2) is 4.79 Å². The molecule has 1 N–H and O–H groups in total. The lowest BCUT2D eigenvalue weighted by atomic mass is 10.1. The largest absolute Gasteiger partial charge is 0.481 e. The minimum atomic E-state index is -0.406. The number of nitrogens with zero attached hydrogens (tertiary/aromatic N) is 2. The normalized spacial score (nSPS) is 10.2. The molecule has 1 aromatic heterocycles. The number of rotatable bonds is 9. The average Bonchev–Trinajstić information content (AvgIpc) is 2.83. The molecule has 166 valence electrons. The maximum atomic E-state index is 12.9. The molecule has 0 radical (unpaired) electrons. The highest BCUT2D eigenvalue weighted by molar-refractivity contribution is 6.06. The van der Waals surface area contributed by atoms with E-state index in [0.29, 0.717) is 17.9 Å². The van der Waals surface area contributed by atoms with Gasteiger partial charge in [0, 0.05) is 5.69 Å². The van der Waals surface area contributed by atoms with Gasteiger partial charge in [-0.1, -0.05) is 19.1 Å². The van der Waals surface area contributed by atoms with Crippen molar-refractivity contribution in [3.8, 4) is 23.5 Å². The molecular formula is C23H23N3O6. The molecule has 3 aromatic rings. The summed E-state index contributed by atoms with van der Waals surface area (Å²) in [6.45, 7) is 2.28. The summed E-state index contributed by atoms with van der Waals surface area (Å²) in [5.74, 6) is -0.0494. The third-order valence-corrected chi connectivity index (χ3v) is 4.23. The number of hydrogen-bond donors (Lipinski definition) is 1. The van der Waals surface area contributed by atoms with E-state index in [1.807, 2.05) is 6.92 Å². The van der Waals surface area contributed by atoms with Crippen molar-refractivity contribution < 1.29 is 28.5 Å². The fourth-order valence-corrected chi connectivity index (χ4v) is 2.65. The van der Waals surface area contributed by atoms with Crippen LogP contribution in [-0.2, 0) is 4.74 Å². The summed E-state index contributed by atoms with van der Waals surface area (Å²) >= 11 is 0. The Balaban J connectivity index is 1.75. The Labute approximate surface area is 185 Å². The number of para-hydroxylation sites is 1. The first kappa shape index (κ1) is 22.5. The number of hydrogen-bond acceptors (Lipinski definition) is 8. The number of benzene rings is 2. The van der Waals surface area contributed by atoms with Crippen molar-refractivity contribution in [3.05, 3.63) is 65.7 Å². The SMILES string of the molecule is CCCOC(=O)c1ccc(NC(=O)c2ccccc2Oc2nc(OC)cc(OC)n2)cc1. The first-order chi connectivity index (χ1) is 15.5. The molecule has 0 aliphatic carbocycles. The molecule has 2 aromatic carbocycles. The van der Waals surface area contributed by atoms with Crippen LogP contribution in [0.2, 0.25) is 0 Å². The van der Waals surface area contributed by atoms with Gasteiger partial charge in [0.05, 0.1) is 38.0 Å². The van der Waals surface area contributed by atoms with Crippen molar-refractivity contribution in [2.24, 2.45) is 0 Å². The van der Waals surface area contributed by atoms with Gasteiger partial charge in [-0.2, -0.15) is 9.97 Å². The molecule has 0 aliphatic rings. The summed E-state index contributed by atoms with van der Waals surface area (Å²) in [7, 11) is 2.92. The highest BCUT2D eigenvalue weighted by Crippen LogP contribution is 2.27. The summed E-state index contributed by atoms with van der Waals surface area (Å²) in [4.78, 5) is 33.0. The Bertz CT molecular complexity index is 1060. The predicted molar refractivity (Wildman–Crippen MR) is 117 cm³/mol. The van der Waals surface area contributed by atoms with Crippen LogP contribution in [0.25, 0.3) is 0 Å². The molecule has 0 fully saturated rings. The van der Waals surface area contributed by atoms with E-state index in [2.05, 4.69) is 15.3 Å². The molecule has 0 bridgehead atoms. The van der Waals surface area contributed by atoms with Crippen molar-refractivity contribution in [1.82, 2.24) is 9.97 Å². The number of aromatic nitrogens is 2. The summed E-state index contributed by atoms with van der Waals surface area (Å²) in [5, 5.41) is 2.78. The van der Waals surface area contributed by atoms with Gasteiger partial charge >= 0.3 is 12.0 Å². The van der Waals surface area contributed by atoms with E-state index >= 15 is 0 Å². The van der Waals surface area contributed by atoms with E-state index in [9.17, 15) is 9.59 Å². The van der Waals surface area contributed by atoms with Crippen molar-refractivity contribution in [1.29, 1.82) is 0 Å². The Morgan fingerprint density at radius 3 is 2.22 bits per heavy atom. The maximum absolute atomic E-state index is 12.9. The Morgan fingerprint density at radius 1 is 0.938 bits per heavy atom. The van der Waals surface area contributed by atoms with E-state index in [0.717, 1.165) is 6.42 Å². The predicted octanol–water partition coefficient (Wildman–Crippen LogP) is 4.11. The van der Waals surface area contributed by atoms with Crippen molar-refractivity contribution in [2.75, 3.05) is 26.1 Å². The number of methoxy groups -OCH3 is 2. The van der Waals surface area contributed by atoms with Gasteiger partial charge in [0.15, 0.2) is 0 Å². The average molecular weight is 437 g/mol. The lowest BCUT2D eigenvalue weighted by molar-refractivity contribution is 0.0505. The number of nitrogens with one attached hydrogen (secondary N) is 1. The van der Waals surface area contributed by atoms with E-state index in [4.69, 9.17) is 18.9 Å². The monoisotopic (exact) mass is 437 g/mol. The third-order valence-electron chi connectivity index (χ3n) is 4.23. The minimum absolute atomic E-state index is 0.0311. The van der Waals surface area contributed by atoms with Crippen LogP contribution in [0.4, 0.5) is 5.69 Å². The van der Waals surface area contributed by atoms with Crippen molar-refractivity contribution in [3.63, 3.8) is 0 Å². The van der Waals surface area contributed by atoms with Crippen LogP contribution in [0, 0.1) is 0 Å². The molecule has 0 aliphatic heterocycles. The fraction of sp³-hybridized carbons (Fsp3) is 0.217. The molecule has 1 amide bonds. The number of esters is 1. The lowest BCUT2D eigenvalue weighted by Crippen LogP contribution is -2.13. The quantitative estimate of drug-likeness (QED) is 0.498. The van der Waals surface area contributed by atoms with Crippen LogP contribution < -0.4 is 19.5 Å². The second kappa shape index (κ2) is 10.8. The number of anilines is 1. The molecule has 0 atom stereocenters. The van der Waals surface area contributed by atoms with Gasteiger partial charge in [-0.15, -0.1) is 0 Å². The van der Waals surface area contributed by atoms with Crippen LogP contribution in [0.15, 0.2) is 54.6 Å². The minimum Gasteiger partial charge on any atom is -0.481 e. The molecule has 0 unspecified atom stereocenters. The van der Waals surface area contributed by atoms with Gasteiger partial charge in [0.25, 0.3) is 5.91 Å². The van der Waals surface area contributed by atoms with Crippen LogP contribution in [-0.4, -0.2) is 42.7 Å². The zero-order valence-corrected chi connectivity index (χ0v) is 18.0. The summed E-state index contributed by atoms with van der Waals surface area (Å²) in [6.07, 6.45) is 0.745. The smallest absolute Gasteiger partial charge is 0.338 e. The fourth-order valence-electron chi connectivity index (χ4n) is 2.65. The topological polar surface area (TPSA) is 109 Å². The maximum Gasteiger partial charge on any atom is 0.338 e. The molecule has 0 saturated carbocycles. The van der Waals surface area contributed by atoms with Crippen LogP contribution in [0.3, 0.4) is 0 Å². The van der Waals surface area contributed by atoms with E-state index in [-0.39, 0.29) is 29.1 Å². The first-order valence-electron chi connectivity index (χ1n) is 9.86. The van der Waals surface area contributed by atoms with Gasteiger partial charge < -0.3 is 24.3 Å². The number of amides is 1. The highest BCUT2D eigenvalue weighted by atomic mass is 16.5. The zero-order valence-electron chi connectivity index (χ0n) is 18.0. The molecule has 32 heavy (non-hydrogen) atoms. The van der Waals surface area contributed by atoms with Crippen molar-refractivity contribution >= 4 is 17.6 Å². The summed E-state index contributed by atoms with van der Waals surface area (Å²) < 4.78 is 21.1. The molecule has 3 rings (SSSR count). The van der Waals surface area contributed by atoms with Crippen molar-refractivity contribution in [2.45, 2.75) is 13.3 Å². The van der Waals surface area contributed by atoms with Crippen LogP contribution >= 0.6 is 0 Å². The second-order valence-electron chi connectivity index (χ2n) is 6.50.